The Morgan fingerprint density at radius 1 is 1.22 bits per heavy atom. The summed E-state index contributed by atoms with van der Waals surface area (Å²) in [5, 5.41) is 11.5. The van der Waals surface area contributed by atoms with Crippen LogP contribution >= 0.6 is 11.6 Å². The van der Waals surface area contributed by atoms with Gasteiger partial charge in [0, 0.05) is 10.8 Å². The van der Waals surface area contributed by atoms with E-state index in [0.29, 0.717) is 23.1 Å². The Hall–Kier alpha value is -2.01. The van der Waals surface area contributed by atoms with E-state index in [9.17, 15) is 9.90 Å². The standard InChI is InChI=1S/C17H20ClNO4/c1-3-5-9-23-17(21)14-15(20)13-10-11(22-8-4-2)6-7-12(13)16(18)19-14/h6-7,10,20H,3-5,8-9H2,1-2H3. The van der Waals surface area contributed by atoms with Crippen LogP contribution < -0.4 is 4.74 Å². The normalized spacial score (nSPS) is 10.7. The lowest BCUT2D eigenvalue weighted by atomic mass is 10.1. The molecule has 2 rings (SSSR count). The highest BCUT2D eigenvalue weighted by atomic mass is 35.5. The van der Waals surface area contributed by atoms with Crippen molar-refractivity contribution in [2.75, 3.05) is 13.2 Å². The average Bonchev–Trinajstić information content (AvgIpc) is 2.56. The summed E-state index contributed by atoms with van der Waals surface area (Å²) in [6.07, 6.45) is 2.53. The molecule has 5 nitrogen and oxygen atoms in total. The molecule has 1 N–H and O–H groups in total. The molecule has 0 fully saturated rings. The molecule has 0 atom stereocenters. The minimum atomic E-state index is -0.681. The number of aromatic nitrogens is 1. The first kappa shape index (κ1) is 17.3. The Balaban J connectivity index is 2.38. The predicted octanol–water partition coefficient (Wildman–Crippen LogP) is 4.34. The largest absolute Gasteiger partial charge is 0.505 e. The molecule has 23 heavy (non-hydrogen) atoms. The zero-order valence-corrected chi connectivity index (χ0v) is 14.0. The number of ether oxygens (including phenoxy) is 2. The van der Waals surface area contributed by atoms with Crippen LogP contribution in [0.2, 0.25) is 5.15 Å². The van der Waals surface area contributed by atoms with E-state index < -0.39 is 5.97 Å². The van der Waals surface area contributed by atoms with Crippen LogP contribution in [0.5, 0.6) is 11.5 Å². The summed E-state index contributed by atoms with van der Waals surface area (Å²) in [5.74, 6) is -0.324. The number of benzene rings is 1. The molecule has 1 aromatic carbocycles. The summed E-state index contributed by atoms with van der Waals surface area (Å²) in [6, 6.07) is 5.11. The molecule has 0 aliphatic rings. The molecule has 0 saturated carbocycles. The summed E-state index contributed by atoms with van der Waals surface area (Å²) in [5.41, 5.74) is -0.175. The van der Waals surface area contributed by atoms with Crippen LogP contribution in [0.1, 0.15) is 43.6 Å². The van der Waals surface area contributed by atoms with Gasteiger partial charge in [-0.15, -0.1) is 0 Å². The molecule has 1 heterocycles. The average molecular weight is 338 g/mol. The van der Waals surface area contributed by atoms with Gasteiger partial charge in [-0.1, -0.05) is 31.9 Å². The van der Waals surface area contributed by atoms with Gasteiger partial charge < -0.3 is 14.6 Å². The third kappa shape index (κ3) is 4.05. The lowest BCUT2D eigenvalue weighted by Crippen LogP contribution is -2.09. The topological polar surface area (TPSA) is 68.7 Å². The first-order valence-corrected chi connectivity index (χ1v) is 8.08. The third-order valence-corrected chi connectivity index (χ3v) is 3.59. The lowest BCUT2D eigenvalue weighted by Gasteiger charge is -2.11. The summed E-state index contributed by atoms with van der Waals surface area (Å²) in [6.45, 7) is 4.85. The quantitative estimate of drug-likeness (QED) is 0.462. The van der Waals surface area contributed by atoms with E-state index in [1.165, 1.54) is 0 Å². The summed E-state index contributed by atoms with van der Waals surface area (Å²) < 4.78 is 10.6. The summed E-state index contributed by atoms with van der Waals surface area (Å²) >= 11 is 6.13. The van der Waals surface area contributed by atoms with Crippen molar-refractivity contribution < 1.29 is 19.4 Å². The fourth-order valence-electron chi connectivity index (χ4n) is 2.07. The molecule has 6 heteroatoms. The Morgan fingerprint density at radius 2 is 2.00 bits per heavy atom. The number of halogens is 1. The van der Waals surface area contributed by atoms with Crippen LogP contribution in [0.3, 0.4) is 0 Å². The number of hydrogen-bond donors (Lipinski definition) is 1. The van der Waals surface area contributed by atoms with Crippen LogP contribution in [0.15, 0.2) is 18.2 Å². The Labute approximate surface area is 140 Å². The maximum atomic E-state index is 12.1. The van der Waals surface area contributed by atoms with E-state index in [4.69, 9.17) is 21.1 Å². The lowest BCUT2D eigenvalue weighted by molar-refractivity contribution is 0.0489. The molecule has 0 spiro atoms. The fourth-order valence-corrected chi connectivity index (χ4v) is 2.32. The maximum absolute atomic E-state index is 12.1. The second kappa shape index (κ2) is 8.02. The van der Waals surface area contributed by atoms with Crippen molar-refractivity contribution in [2.45, 2.75) is 33.1 Å². The number of aromatic hydroxyl groups is 1. The molecule has 124 valence electrons. The molecule has 0 aliphatic heterocycles. The van der Waals surface area contributed by atoms with Crippen LogP contribution in [0.25, 0.3) is 10.8 Å². The molecular weight excluding hydrogens is 318 g/mol. The molecular formula is C17H20ClNO4. The van der Waals surface area contributed by atoms with Gasteiger partial charge in [0.2, 0.25) is 0 Å². The molecule has 1 aromatic heterocycles. The second-order valence-electron chi connectivity index (χ2n) is 5.15. The molecule has 2 aromatic rings. The number of rotatable bonds is 7. The molecule has 0 unspecified atom stereocenters. The van der Waals surface area contributed by atoms with E-state index in [2.05, 4.69) is 4.98 Å². The Bertz CT molecular complexity index is 703. The molecule has 0 radical (unpaired) electrons. The van der Waals surface area contributed by atoms with Gasteiger partial charge in [-0.25, -0.2) is 9.78 Å². The molecule has 0 aliphatic carbocycles. The second-order valence-corrected chi connectivity index (χ2v) is 5.50. The van der Waals surface area contributed by atoms with E-state index in [-0.39, 0.29) is 23.2 Å². The van der Waals surface area contributed by atoms with Gasteiger partial charge in [-0.05, 0) is 31.0 Å². The molecule has 0 amide bonds. The maximum Gasteiger partial charge on any atom is 0.360 e. The number of unbranched alkanes of at least 4 members (excludes halogenated alkanes) is 1. The Morgan fingerprint density at radius 3 is 2.70 bits per heavy atom. The van der Waals surface area contributed by atoms with Crippen LogP contribution in [0.4, 0.5) is 0 Å². The van der Waals surface area contributed by atoms with Crippen molar-refractivity contribution in [1.82, 2.24) is 4.98 Å². The van der Waals surface area contributed by atoms with Crippen LogP contribution in [0, 0.1) is 0 Å². The predicted molar refractivity (Wildman–Crippen MR) is 89.4 cm³/mol. The van der Waals surface area contributed by atoms with Gasteiger partial charge in [-0.2, -0.15) is 0 Å². The smallest absolute Gasteiger partial charge is 0.360 e. The summed E-state index contributed by atoms with van der Waals surface area (Å²) in [7, 11) is 0. The van der Waals surface area contributed by atoms with Crippen molar-refractivity contribution >= 4 is 28.3 Å². The number of esters is 1. The first-order valence-electron chi connectivity index (χ1n) is 7.70. The van der Waals surface area contributed by atoms with Gasteiger partial charge in [0.1, 0.15) is 10.9 Å². The van der Waals surface area contributed by atoms with E-state index in [0.717, 1.165) is 19.3 Å². The number of nitrogens with zero attached hydrogens (tertiary/aromatic N) is 1. The van der Waals surface area contributed by atoms with E-state index in [1.807, 2.05) is 13.8 Å². The monoisotopic (exact) mass is 337 g/mol. The SMILES string of the molecule is CCCCOC(=O)c1nc(Cl)c2ccc(OCCC)cc2c1O. The van der Waals surface area contributed by atoms with Crippen molar-refractivity contribution in [1.29, 1.82) is 0 Å². The number of fused-ring (bicyclic) bond motifs is 1. The van der Waals surface area contributed by atoms with Gasteiger partial charge in [0.25, 0.3) is 0 Å². The first-order chi connectivity index (χ1) is 11.1. The highest BCUT2D eigenvalue weighted by Crippen LogP contribution is 2.34. The third-order valence-electron chi connectivity index (χ3n) is 3.30. The highest BCUT2D eigenvalue weighted by Gasteiger charge is 2.20. The minimum Gasteiger partial charge on any atom is -0.505 e. The Kier molecular flexibility index (Phi) is 6.04. The number of carbonyl (C=O) groups excluding carboxylic acids is 1. The van der Waals surface area contributed by atoms with Crippen LogP contribution in [-0.4, -0.2) is 29.3 Å². The van der Waals surface area contributed by atoms with Crippen LogP contribution in [-0.2, 0) is 4.74 Å². The van der Waals surface area contributed by atoms with E-state index in [1.54, 1.807) is 18.2 Å². The zero-order chi connectivity index (χ0) is 16.8. The number of hydrogen-bond acceptors (Lipinski definition) is 5. The van der Waals surface area contributed by atoms with Gasteiger partial charge >= 0.3 is 5.97 Å². The van der Waals surface area contributed by atoms with E-state index >= 15 is 0 Å². The fraction of sp³-hybridized carbons (Fsp3) is 0.412. The zero-order valence-electron chi connectivity index (χ0n) is 13.3. The highest BCUT2D eigenvalue weighted by molar-refractivity contribution is 6.34. The number of pyridine rings is 1. The summed E-state index contributed by atoms with van der Waals surface area (Å²) in [4.78, 5) is 16.0. The van der Waals surface area contributed by atoms with Gasteiger partial charge in [0.15, 0.2) is 11.4 Å². The molecule has 0 bridgehead atoms. The van der Waals surface area contributed by atoms with Gasteiger partial charge in [-0.3, -0.25) is 0 Å². The minimum absolute atomic E-state index is 0.141. The molecule has 0 saturated heterocycles. The number of carbonyl (C=O) groups is 1. The van der Waals surface area contributed by atoms with Crippen molar-refractivity contribution in [2.24, 2.45) is 0 Å². The van der Waals surface area contributed by atoms with Crippen molar-refractivity contribution in [3.63, 3.8) is 0 Å². The van der Waals surface area contributed by atoms with Gasteiger partial charge in [0.05, 0.1) is 13.2 Å². The van der Waals surface area contributed by atoms with Crippen molar-refractivity contribution in [3.8, 4) is 11.5 Å². The van der Waals surface area contributed by atoms with Crippen molar-refractivity contribution in [3.05, 3.63) is 29.0 Å².